The van der Waals surface area contributed by atoms with E-state index in [9.17, 15) is 4.79 Å². The van der Waals surface area contributed by atoms with Gasteiger partial charge in [0.05, 0.1) is 0 Å². The van der Waals surface area contributed by atoms with E-state index < -0.39 is 6.03 Å². The van der Waals surface area contributed by atoms with Gasteiger partial charge in [-0.3, -0.25) is 4.57 Å². The second kappa shape index (κ2) is 7.03. The zero-order chi connectivity index (χ0) is 15.1. The molecule has 10 heteroatoms. The number of rotatable bonds is 7. The molecule has 0 spiro atoms. The zero-order valence-electron chi connectivity index (χ0n) is 11.6. The van der Waals surface area contributed by atoms with E-state index in [1.54, 1.807) is 23.3 Å². The molecular formula is C11H17N9O. The van der Waals surface area contributed by atoms with Gasteiger partial charge in [0.15, 0.2) is 0 Å². The highest BCUT2D eigenvalue weighted by molar-refractivity contribution is 5.71. The first kappa shape index (κ1) is 14.5. The molecule has 0 aliphatic heterocycles. The summed E-state index contributed by atoms with van der Waals surface area (Å²) < 4.78 is 1.68. The number of anilines is 2. The number of primary amides is 1. The highest BCUT2D eigenvalue weighted by atomic mass is 16.2. The van der Waals surface area contributed by atoms with Crippen molar-refractivity contribution in [2.45, 2.75) is 6.92 Å². The van der Waals surface area contributed by atoms with Crippen LogP contribution in [-0.2, 0) is 0 Å². The number of nitrogens with zero attached hydrogens (tertiary/aromatic N) is 5. The quantitative estimate of drug-likeness (QED) is 0.508. The van der Waals surface area contributed by atoms with Crippen LogP contribution in [0.2, 0.25) is 0 Å². The average molecular weight is 291 g/mol. The second-order valence-corrected chi connectivity index (χ2v) is 4.00. The summed E-state index contributed by atoms with van der Waals surface area (Å²) in [5, 5.41) is 8.50. The lowest BCUT2D eigenvalue weighted by molar-refractivity contribution is 0.249. The first-order chi connectivity index (χ1) is 10.2. The highest BCUT2D eigenvalue weighted by Crippen LogP contribution is 2.08. The Hall–Kier alpha value is -2.91. The molecule has 0 aromatic carbocycles. The molecule has 0 fully saturated rings. The Morgan fingerprint density at radius 3 is 2.62 bits per heavy atom. The van der Waals surface area contributed by atoms with E-state index in [0.29, 0.717) is 37.5 Å². The minimum atomic E-state index is -0.570. The van der Waals surface area contributed by atoms with Gasteiger partial charge in [0.25, 0.3) is 0 Å². The minimum absolute atomic E-state index is 0.373. The Kier molecular flexibility index (Phi) is 4.85. The standard InChI is InChI=1S/C11H17N9O/c1-2-14-9-17-10(16-4-3-15-8(12)21)19-11(18-9)20-6-5-13-7-20/h5-7H,2-4H2,1H3,(H3,12,15,21)(H2,14,16,17,18,19). The molecule has 2 aromatic rings. The number of hydrogen-bond acceptors (Lipinski definition) is 7. The van der Waals surface area contributed by atoms with Crippen LogP contribution in [0.3, 0.4) is 0 Å². The van der Waals surface area contributed by atoms with Crippen LogP contribution in [0.15, 0.2) is 18.7 Å². The number of carbonyl (C=O) groups excluding carboxylic acids is 1. The van der Waals surface area contributed by atoms with Gasteiger partial charge >= 0.3 is 6.03 Å². The zero-order valence-corrected chi connectivity index (χ0v) is 11.6. The number of carbonyl (C=O) groups is 1. The van der Waals surface area contributed by atoms with E-state index in [-0.39, 0.29) is 0 Å². The lowest BCUT2D eigenvalue weighted by Gasteiger charge is -2.09. The van der Waals surface area contributed by atoms with Crippen LogP contribution in [0.4, 0.5) is 16.7 Å². The van der Waals surface area contributed by atoms with Crippen molar-refractivity contribution in [3.05, 3.63) is 18.7 Å². The van der Waals surface area contributed by atoms with Crippen molar-refractivity contribution in [2.24, 2.45) is 5.73 Å². The largest absolute Gasteiger partial charge is 0.354 e. The Morgan fingerprint density at radius 1 is 1.24 bits per heavy atom. The van der Waals surface area contributed by atoms with E-state index in [0.717, 1.165) is 0 Å². The molecule has 0 bridgehead atoms. The van der Waals surface area contributed by atoms with Crippen LogP contribution in [0.1, 0.15) is 6.92 Å². The molecule has 5 N–H and O–H groups in total. The van der Waals surface area contributed by atoms with E-state index in [1.165, 1.54) is 0 Å². The summed E-state index contributed by atoms with van der Waals surface area (Å²) in [5.74, 6) is 1.31. The number of hydrogen-bond donors (Lipinski definition) is 4. The van der Waals surface area contributed by atoms with Crippen molar-refractivity contribution in [3.8, 4) is 5.95 Å². The monoisotopic (exact) mass is 291 g/mol. The minimum Gasteiger partial charge on any atom is -0.354 e. The highest BCUT2D eigenvalue weighted by Gasteiger charge is 2.07. The van der Waals surface area contributed by atoms with Gasteiger partial charge in [0.1, 0.15) is 6.33 Å². The van der Waals surface area contributed by atoms with Crippen molar-refractivity contribution in [1.82, 2.24) is 29.8 Å². The van der Waals surface area contributed by atoms with Crippen molar-refractivity contribution in [3.63, 3.8) is 0 Å². The average Bonchev–Trinajstić information content (AvgIpc) is 2.98. The third kappa shape index (κ3) is 4.30. The number of aromatic nitrogens is 5. The van der Waals surface area contributed by atoms with Gasteiger partial charge in [0, 0.05) is 32.0 Å². The summed E-state index contributed by atoms with van der Waals surface area (Å²) in [6.45, 7) is 3.46. The molecule has 0 aliphatic carbocycles. The number of imidazole rings is 1. The van der Waals surface area contributed by atoms with Gasteiger partial charge in [-0.15, -0.1) is 0 Å². The Bertz CT molecular complexity index is 583. The van der Waals surface area contributed by atoms with Gasteiger partial charge in [-0.2, -0.15) is 15.0 Å². The van der Waals surface area contributed by atoms with Crippen LogP contribution in [0.25, 0.3) is 5.95 Å². The van der Waals surface area contributed by atoms with Crippen molar-refractivity contribution < 1.29 is 4.79 Å². The molecule has 0 aliphatic rings. The molecule has 21 heavy (non-hydrogen) atoms. The molecule has 2 aromatic heterocycles. The van der Waals surface area contributed by atoms with Crippen molar-refractivity contribution >= 4 is 17.9 Å². The topological polar surface area (TPSA) is 136 Å². The molecule has 0 unspecified atom stereocenters. The molecule has 10 nitrogen and oxygen atoms in total. The van der Waals surface area contributed by atoms with Gasteiger partial charge in [-0.05, 0) is 6.92 Å². The molecule has 0 atom stereocenters. The van der Waals surface area contributed by atoms with Gasteiger partial charge in [-0.25, -0.2) is 9.78 Å². The van der Waals surface area contributed by atoms with Crippen LogP contribution in [0.5, 0.6) is 0 Å². The predicted octanol–water partition coefficient (Wildman–Crippen LogP) is -0.431. The maximum absolute atomic E-state index is 10.6. The predicted molar refractivity (Wildman–Crippen MR) is 77.2 cm³/mol. The molecule has 0 saturated carbocycles. The van der Waals surface area contributed by atoms with E-state index in [2.05, 4.69) is 35.9 Å². The summed E-state index contributed by atoms with van der Waals surface area (Å²) in [6, 6.07) is -0.570. The summed E-state index contributed by atoms with van der Waals surface area (Å²) in [6.07, 6.45) is 4.98. The lowest BCUT2D eigenvalue weighted by Crippen LogP contribution is -2.33. The molecular weight excluding hydrogens is 274 g/mol. The lowest BCUT2D eigenvalue weighted by atomic mass is 10.6. The van der Waals surface area contributed by atoms with Crippen LogP contribution in [0, 0.1) is 0 Å². The first-order valence-corrected chi connectivity index (χ1v) is 6.44. The molecule has 0 radical (unpaired) electrons. The normalized spacial score (nSPS) is 10.1. The fourth-order valence-electron chi connectivity index (χ4n) is 1.53. The molecule has 2 heterocycles. The fraction of sp³-hybridized carbons (Fsp3) is 0.364. The van der Waals surface area contributed by atoms with Crippen LogP contribution >= 0.6 is 0 Å². The van der Waals surface area contributed by atoms with Crippen LogP contribution < -0.4 is 21.7 Å². The Labute approximate surface area is 121 Å². The van der Waals surface area contributed by atoms with Gasteiger partial charge in [-0.1, -0.05) is 0 Å². The summed E-state index contributed by atoms with van der Waals surface area (Å²) in [7, 11) is 0. The smallest absolute Gasteiger partial charge is 0.312 e. The van der Waals surface area contributed by atoms with E-state index in [4.69, 9.17) is 5.73 Å². The maximum Gasteiger partial charge on any atom is 0.312 e. The number of nitrogens with one attached hydrogen (secondary N) is 3. The van der Waals surface area contributed by atoms with Gasteiger partial charge < -0.3 is 21.7 Å². The fourth-order valence-corrected chi connectivity index (χ4v) is 1.53. The second-order valence-electron chi connectivity index (χ2n) is 4.00. The summed E-state index contributed by atoms with van der Waals surface area (Å²) >= 11 is 0. The third-order valence-electron chi connectivity index (χ3n) is 2.40. The summed E-state index contributed by atoms with van der Waals surface area (Å²) in [5.41, 5.74) is 4.98. The molecule has 0 saturated heterocycles. The number of urea groups is 1. The van der Waals surface area contributed by atoms with E-state index in [1.807, 2.05) is 6.92 Å². The Morgan fingerprint density at radius 2 is 2.00 bits per heavy atom. The van der Waals surface area contributed by atoms with E-state index >= 15 is 0 Å². The van der Waals surface area contributed by atoms with Crippen LogP contribution in [-0.4, -0.2) is 50.2 Å². The molecule has 2 rings (SSSR count). The SMILES string of the molecule is CCNc1nc(NCCNC(N)=O)nc(-n2ccnc2)n1. The summed E-state index contributed by atoms with van der Waals surface area (Å²) in [4.78, 5) is 27.3. The maximum atomic E-state index is 10.6. The first-order valence-electron chi connectivity index (χ1n) is 6.44. The van der Waals surface area contributed by atoms with Crippen molar-refractivity contribution in [2.75, 3.05) is 30.3 Å². The molecule has 2 amide bonds. The Balaban J connectivity index is 2.10. The number of nitrogens with two attached hydrogens (primary N) is 1. The molecule has 112 valence electrons. The van der Waals surface area contributed by atoms with Gasteiger partial charge in [0.2, 0.25) is 17.8 Å². The third-order valence-corrected chi connectivity index (χ3v) is 2.40. The number of amides is 2. The van der Waals surface area contributed by atoms with Crippen molar-refractivity contribution in [1.29, 1.82) is 0 Å².